The molecule has 0 spiro atoms. The Bertz CT molecular complexity index is 367. The van der Waals surface area contributed by atoms with Gasteiger partial charge < -0.3 is 4.74 Å². The minimum Gasteiger partial charge on any atom is -0.381 e. The Hall–Kier alpha value is -0.380. The van der Waals surface area contributed by atoms with Crippen LogP contribution in [0.5, 0.6) is 0 Å². The molecule has 0 atom stereocenters. The van der Waals surface area contributed by atoms with Crippen molar-refractivity contribution in [3.8, 4) is 0 Å². The van der Waals surface area contributed by atoms with Crippen LogP contribution in [0.25, 0.3) is 0 Å². The molecule has 0 aliphatic carbocycles. The van der Waals surface area contributed by atoms with Gasteiger partial charge in [-0.3, -0.25) is 4.79 Å². The molecule has 15 heavy (non-hydrogen) atoms. The lowest BCUT2D eigenvalue weighted by molar-refractivity contribution is 0.0860. The van der Waals surface area contributed by atoms with Crippen molar-refractivity contribution in [1.29, 1.82) is 0 Å². The lowest BCUT2D eigenvalue weighted by Crippen LogP contribution is -2.13. The Balaban J connectivity index is 2.22. The molecule has 0 N–H and O–H groups in total. The smallest absolute Gasteiger partial charge is 0.169 e. The van der Waals surface area contributed by atoms with Crippen LogP contribution in [0.2, 0.25) is 5.02 Å². The van der Waals surface area contributed by atoms with Gasteiger partial charge in [0.15, 0.2) is 5.78 Å². The number of carbonyl (C=O) groups is 1. The summed E-state index contributed by atoms with van der Waals surface area (Å²) in [7, 11) is 0. The second kappa shape index (κ2) is 4.64. The van der Waals surface area contributed by atoms with Crippen LogP contribution in [0.15, 0.2) is 6.07 Å². The molecular weight excluding hydrogens is 232 g/mol. The van der Waals surface area contributed by atoms with Gasteiger partial charge >= 0.3 is 0 Å². The molecule has 1 aromatic rings. The second-order valence-electron chi connectivity index (χ2n) is 3.77. The van der Waals surface area contributed by atoms with Gasteiger partial charge in [0.1, 0.15) is 0 Å². The molecule has 1 fully saturated rings. The van der Waals surface area contributed by atoms with E-state index in [0.717, 1.165) is 40.8 Å². The third kappa shape index (κ3) is 2.41. The number of hydrogen-bond donors (Lipinski definition) is 0. The van der Waals surface area contributed by atoms with Gasteiger partial charge in [-0.15, -0.1) is 11.3 Å². The molecule has 0 radical (unpaired) electrons. The zero-order valence-corrected chi connectivity index (χ0v) is 10.2. The standard InChI is InChI=1S/C11H13ClO2S/c1-7(13)10-6-9(12)11(15-10)8-2-4-14-5-3-8/h6,8H,2-5H2,1H3. The fraction of sp³-hybridized carbons (Fsp3) is 0.545. The van der Waals surface area contributed by atoms with Crippen LogP contribution < -0.4 is 0 Å². The van der Waals surface area contributed by atoms with E-state index in [2.05, 4.69) is 0 Å². The molecule has 0 saturated carbocycles. The number of carbonyl (C=O) groups excluding carboxylic acids is 1. The van der Waals surface area contributed by atoms with Crippen LogP contribution in [0, 0.1) is 0 Å². The van der Waals surface area contributed by atoms with Crippen LogP contribution in [-0.4, -0.2) is 19.0 Å². The third-order valence-corrected chi connectivity index (χ3v) is 4.48. The minimum atomic E-state index is 0.0974. The molecule has 82 valence electrons. The monoisotopic (exact) mass is 244 g/mol. The highest BCUT2D eigenvalue weighted by molar-refractivity contribution is 7.14. The molecule has 0 aromatic carbocycles. The highest BCUT2D eigenvalue weighted by Crippen LogP contribution is 2.38. The average molecular weight is 245 g/mol. The van der Waals surface area contributed by atoms with Crippen molar-refractivity contribution in [2.75, 3.05) is 13.2 Å². The molecule has 0 bridgehead atoms. The number of rotatable bonds is 2. The Kier molecular flexibility index (Phi) is 3.44. The van der Waals surface area contributed by atoms with Crippen molar-refractivity contribution in [3.05, 3.63) is 20.8 Å². The average Bonchev–Trinajstić information content (AvgIpc) is 2.62. The van der Waals surface area contributed by atoms with Crippen LogP contribution in [0.1, 0.15) is 40.2 Å². The first-order valence-corrected chi connectivity index (χ1v) is 6.26. The molecule has 2 heterocycles. The van der Waals surface area contributed by atoms with Gasteiger partial charge in [0.2, 0.25) is 0 Å². The first-order valence-electron chi connectivity index (χ1n) is 5.06. The lowest BCUT2D eigenvalue weighted by atomic mass is 9.99. The Morgan fingerprint density at radius 2 is 2.20 bits per heavy atom. The quantitative estimate of drug-likeness (QED) is 0.745. The van der Waals surface area contributed by atoms with E-state index in [1.807, 2.05) is 0 Å². The van der Waals surface area contributed by atoms with Gasteiger partial charge in [-0.05, 0) is 31.7 Å². The molecule has 2 rings (SSSR count). The van der Waals surface area contributed by atoms with Gasteiger partial charge in [0, 0.05) is 18.1 Å². The topological polar surface area (TPSA) is 26.3 Å². The van der Waals surface area contributed by atoms with Crippen molar-refractivity contribution in [1.82, 2.24) is 0 Å². The van der Waals surface area contributed by atoms with Crippen LogP contribution in [0.3, 0.4) is 0 Å². The maximum absolute atomic E-state index is 11.2. The summed E-state index contributed by atoms with van der Waals surface area (Å²) in [6.07, 6.45) is 2.02. The van der Waals surface area contributed by atoms with E-state index in [0.29, 0.717) is 5.92 Å². The van der Waals surface area contributed by atoms with Crippen molar-refractivity contribution in [3.63, 3.8) is 0 Å². The highest BCUT2D eigenvalue weighted by atomic mass is 35.5. The predicted octanol–water partition coefficient (Wildman–Crippen LogP) is 3.50. The third-order valence-electron chi connectivity index (χ3n) is 2.65. The van der Waals surface area contributed by atoms with E-state index in [4.69, 9.17) is 16.3 Å². The van der Waals surface area contributed by atoms with Gasteiger partial charge in [-0.25, -0.2) is 0 Å². The lowest BCUT2D eigenvalue weighted by Gasteiger charge is -2.21. The molecule has 1 aliphatic rings. The first kappa shape index (κ1) is 11.1. The summed E-state index contributed by atoms with van der Waals surface area (Å²) in [6.45, 7) is 3.18. The zero-order chi connectivity index (χ0) is 10.8. The summed E-state index contributed by atoms with van der Waals surface area (Å²) < 4.78 is 5.31. The summed E-state index contributed by atoms with van der Waals surface area (Å²) in [5, 5.41) is 0.747. The van der Waals surface area contributed by atoms with E-state index in [1.54, 1.807) is 13.0 Å². The fourth-order valence-corrected chi connectivity index (χ4v) is 3.35. The van der Waals surface area contributed by atoms with Crippen molar-refractivity contribution in [2.45, 2.75) is 25.7 Å². The van der Waals surface area contributed by atoms with Gasteiger partial charge in [0.25, 0.3) is 0 Å². The van der Waals surface area contributed by atoms with Crippen LogP contribution >= 0.6 is 22.9 Å². The predicted molar refractivity (Wildman–Crippen MR) is 62.1 cm³/mol. The number of hydrogen-bond acceptors (Lipinski definition) is 3. The normalized spacial score (nSPS) is 18.0. The van der Waals surface area contributed by atoms with Crippen molar-refractivity contribution < 1.29 is 9.53 Å². The summed E-state index contributed by atoms with van der Waals surface area (Å²) >= 11 is 7.68. The minimum absolute atomic E-state index is 0.0974. The van der Waals surface area contributed by atoms with Gasteiger partial charge in [-0.1, -0.05) is 11.6 Å². The van der Waals surface area contributed by atoms with Crippen LogP contribution in [-0.2, 0) is 4.74 Å². The Morgan fingerprint density at radius 3 is 2.73 bits per heavy atom. The molecule has 1 aromatic heterocycles. The fourth-order valence-electron chi connectivity index (χ4n) is 1.79. The Morgan fingerprint density at radius 1 is 1.53 bits per heavy atom. The maximum atomic E-state index is 11.2. The van der Waals surface area contributed by atoms with E-state index in [1.165, 1.54) is 11.3 Å². The second-order valence-corrected chi connectivity index (χ2v) is 5.26. The molecule has 2 nitrogen and oxygen atoms in total. The van der Waals surface area contributed by atoms with Crippen LogP contribution in [0.4, 0.5) is 0 Å². The van der Waals surface area contributed by atoms with Gasteiger partial charge in [0.05, 0.1) is 9.90 Å². The summed E-state index contributed by atoms with van der Waals surface area (Å²) in [6, 6.07) is 1.79. The van der Waals surface area contributed by atoms with Crippen molar-refractivity contribution in [2.24, 2.45) is 0 Å². The van der Waals surface area contributed by atoms with E-state index in [-0.39, 0.29) is 5.78 Å². The SMILES string of the molecule is CC(=O)c1cc(Cl)c(C2CCOCC2)s1. The maximum Gasteiger partial charge on any atom is 0.169 e. The number of ether oxygens (including phenoxy) is 1. The first-order chi connectivity index (χ1) is 7.18. The van der Waals surface area contributed by atoms with Crippen molar-refractivity contribution >= 4 is 28.7 Å². The van der Waals surface area contributed by atoms with E-state index >= 15 is 0 Å². The molecule has 1 aliphatic heterocycles. The van der Waals surface area contributed by atoms with Gasteiger partial charge in [-0.2, -0.15) is 0 Å². The number of thiophene rings is 1. The highest BCUT2D eigenvalue weighted by Gasteiger charge is 2.21. The number of ketones is 1. The Labute approximate surface area is 98.2 Å². The largest absolute Gasteiger partial charge is 0.381 e. The molecule has 0 amide bonds. The number of Topliss-reactive ketones (excluding diaryl/α,β-unsaturated/α-hetero) is 1. The summed E-state index contributed by atoms with van der Waals surface area (Å²) in [5.74, 6) is 0.574. The summed E-state index contributed by atoms with van der Waals surface area (Å²) in [5.41, 5.74) is 0. The molecule has 1 saturated heterocycles. The molecule has 0 unspecified atom stereocenters. The molecular formula is C11H13ClO2S. The van der Waals surface area contributed by atoms with E-state index < -0.39 is 0 Å². The summed E-state index contributed by atoms with van der Waals surface area (Å²) in [4.78, 5) is 13.1. The molecule has 4 heteroatoms. The van der Waals surface area contributed by atoms with E-state index in [9.17, 15) is 4.79 Å². The zero-order valence-electron chi connectivity index (χ0n) is 8.59. The number of halogens is 1.